The Hall–Kier alpha value is -3.88. The highest BCUT2D eigenvalue weighted by Gasteiger charge is 2.03. The Labute approximate surface area is 303 Å². The fraction of sp³-hybridized carbons (Fsp3) is 0.362. The first-order valence-electron chi connectivity index (χ1n) is 17.6. The summed E-state index contributed by atoms with van der Waals surface area (Å²) in [5, 5.41) is 5.14. The number of hydrogen-bond acceptors (Lipinski definition) is 2. The minimum absolute atomic E-state index is 0.500. The van der Waals surface area contributed by atoms with E-state index in [0.29, 0.717) is 16.2 Å². The van der Waals surface area contributed by atoms with Crippen molar-refractivity contribution in [2.45, 2.75) is 96.9 Å². The zero-order chi connectivity index (χ0) is 37.1. The highest BCUT2D eigenvalue weighted by atomic mass is 32.1. The van der Waals surface area contributed by atoms with Gasteiger partial charge in [-0.2, -0.15) is 0 Å². The Kier molecular flexibility index (Phi) is 18.7. The van der Waals surface area contributed by atoms with Crippen molar-refractivity contribution in [2.75, 3.05) is 0 Å². The summed E-state index contributed by atoms with van der Waals surface area (Å²) >= 11 is 1.86. The molecule has 0 spiro atoms. The lowest BCUT2D eigenvalue weighted by atomic mass is 10.0. The van der Waals surface area contributed by atoms with Crippen LogP contribution in [0.1, 0.15) is 96.9 Å². The molecule has 264 valence electrons. The van der Waals surface area contributed by atoms with Crippen LogP contribution in [0.2, 0.25) is 0 Å². The Morgan fingerprint density at radius 1 is 0.327 bits per heavy atom. The third kappa shape index (κ3) is 20.3. The summed E-state index contributed by atoms with van der Waals surface area (Å²) in [6.07, 6.45) is 0. The van der Waals surface area contributed by atoms with E-state index < -0.39 is 0 Å². The van der Waals surface area contributed by atoms with Gasteiger partial charge in [-0.25, -0.2) is 0 Å². The first-order valence-corrected chi connectivity index (χ1v) is 18.4. The molecule has 0 fully saturated rings. The molecule has 2 heterocycles. The molecule has 0 atom stereocenters. The van der Waals surface area contributed by atoms with E-state index in [1.807, 2.05) is 98.0 Å². The van der Waals surface area contributed by atoms with Crippen LogP contribution < -0.4 is 0 Å². The average molecular weight is 677 g/mol. The van der Waals surface area contributed by atoms with Crippen LogP contribution >= 0.6 is 11.3 Å². The van der Waals surface area contributed by atoms with Crippen molar-refractivity contribution in [2.24, 2.45) is 16.2 Å². The zero-order valence-electron chi connectivity index (χ0n) is 33.0. The molecule has 1 nitrogen and oxygen atoms in total. The third-order valence-corrected chi connectivity index (χ3v) is 6.39. The van der Waals surface area contributed by atoms with Gasteiger partial charge in [0.15, 0.2) is 0 Å². The smallest absolute Gasteiger partial charge is 0.135 e. The normalized spacial score (nSPS) is 10.7. The lowest BCUT2D eigenvalue weighted by Crippen LogP contribution is -1.93. The molecule has 5 aromatic carbocycles. The van der Waals surface area contributed by atoms with Gasteiger partial charge in [-0.3, -0.25) is 0 Å². The topological polar surface area (TPSA) is 13.1 Å². The summed E-state index contributed by atoms with van der Waals surface area (Å²) in [4.78, 5) is 0. The predicted octanol–water partition coefficient (Wildman–Crippen LogP) is 16.5. The Balaban J connectivity index is 0.000000310. The fourth-order valence-corrected chi connectivity index (χ4v) is 4.84. The second kappa shape index (κ2) is 21.3. The third-order valence-electron chi connectivity index (χ3n) is 5.24. The van der Waals surface area contributed by atoms with Crippen molar-refractivity contribution in [3.05, 3.63) is 133 Å². The van der Waals surface area contributed by atoms with Crippen LogP contribution in [-0.4, -0.2) is 0 Å². The van der Waals surface area contributed by atoms with Gasteiger partial charge in [0, 0.05) is 30.9 Å². The Bertz CT molecular complexity index is 1570. The molecule has 0 aliphatic heterocycles. The van der Waals surface area contributed by atoms with Crippen LogP contribution in [0.5, 0.6) is 0 Å². The minimum Gasteiger partial charge on any atom is -0.456 e. The van der Waals surface area contributed by atoms with Crippen LogP contribution in [0.4, 0.5) is 0 Å². The van der Waals surface area contributed by atoms with Crippen molar-refractivity contribution in [3.63, 3.8) is 0 Å². The van der Waals surface area contributed by atoms with E-state index in [0.717, 1.165) is 11.2 Å². The summed E-state index contributed by atoms with van der Waals surface area (Å²) in [6.45, 7) is 30.2. The SMILES string of the molecule is CC.CC(C)(C)C.CC(C)(C)C.CC(C)(C)C.c1ccc2c(c1)oc1ccccc12.c1ccc2c(c1)sc1ccccc12.c1ccccc1. The molecule has 0 N–H and O–H groups in total. The van der Waals surface area contributed by atoms with E-state index >= 15 is 0 Å². The molecular weight excluding hydrogens is 613 g/mol. The van der Waals surface area contributed by atoms with E-state index in [-0.39, 0.29) is 0 Å². The van der Waals surface area contributed by atoms with Crippen molar-refractivity contribution in [3.8, 4) is 0 Å². The highest BCUT2D eigenvalue weighted by molar-refractivity contribution is 7.25. The van der Waals surface area contributed by atoms with Crippen molar-refractivity contribution in [1.82, 2.24) is 0 Å². The lowest BCUT2D eigenvalue weighted by molar-refractivity contribution is 0.469. The summed E-state index contributed by atoms with van der Waals surface area (Å²) in [7, 11) is 0. The van der Waals surface area contributed by atoms with Gasteiger partial charge in [0.2, 0.25) is 0 Å². The molecule has 2 aromatic heterocycles. The van der Waals surface area contributed by atoms with Crippen molar-refractivity contribution >= 4 is 53.4 Å². The summed E-state index contributed by atoms with van der Waals surface area (Å²) < 4.78 is 8.41. The molecule has 0 bridgehead atoms. The van der Waals surface area contributed by atoms with Gasteiger partial charge in [0.1, 0.15) is 11.2 Å². The second-order valence-corrected chi connectivity index (χ2v) is 17.4. The molecule has 7 rings (SSSR count). The lowest BCUT2D eigenvalue weighted by Gasteiger charge is -2.05. The van der Waals surface area contributed by atoms with Crippen LogP contribution in [0.15, 0.2) is 138 Å². The number of benzene rings is 5. The first kappa shape index (κ1) is 43.1. The van der Waals surface area contributed by atoms with Gasteiger partial charge in [-0.15, -0.1) is 11.3 Å². The standard InChI is InChI=1S/C12H8O.C12H8S.C6H6.3C5H12.C2H6/c2*1-3-7-11-9(5-1)10-6-2-4-8-12(10)13-11;1-2-4-6-5-3-1;3*1-5(2,3)4;1-2/h2*1-8H;1-6H;3*1-4H3;1-2H3. The number of furan rings is 1. The average Bonchev–Trinajstić information content (AvgIpc) is 3.60. The molecule has 0 saturated carbocycles. The van der Waals surface area contributed by atoms with Gasteiger partial charge in [0.25, 0.3) is 0 Å². The van der Waals surface area contributed by atoms with Gasteiger partial charge >= 0.3 is 0 Å². The number of thiophene rings is 1. The van der Waals surface area contributed by atoms with E-state index in [2.05, 4.69) is 144 Å². The van der Waals surface area contributed by atoms with Crippen molar-refractivity contribution < 1.29 is 4.42 Å². The number of para-hydroxylation sites is 2. The number of fused-ring (bicyclic) bond motifs is 6. The molecule has 2 heteroatoms. The molecule has 0 aliphatic rings. The Morgan fingerprint density at radius 2 is 0.551 bits per heavy atom. The maximum Gasteiger partial charge on any atom is 0.135 e. The van der Waals surface area contributed by atoms with E-state index in [1.165, 1.54) is 30.9 Å². The largest absolute Gasteiger partial charge is 0.456 e. The van der Waals surface area contributed by atoms with Crippen molar-refractivity contribution in [1.29, 1.82) is 0 Å². The van der Waals surface area contributed by atoms with Crippen LogP contribution in [-0.2, 0) is 0 Å². The Morgan fingerprint density at radius 3 is 0.837 bits per heavy atom. The molecular formula is C47H64OS. The van der Waals surface area contributed by atoms with Gasteiger partial charge in [-0.05, 0) is 40.5 Å². The number of rotatable bonds is 0. The van der Waals surface area contributed by atoms with Gasteiger partial charge in [-0.1, -0.05) is 206 Å². The first-order chi connectivity index (χ1) is 22.9. The van der Waals surface area contributed by atoms with Crippen LogP contribution in [0.3, 0.4) is 0 Å². The molecule has 0 radical (unpaired) electrons. The maximum absolute atomic E-state index is 5.65. The highest BCUT2D eigenvalue weighted by Crippen LogP contribution is 2.33. The summed E-state index contributed by atoms with van der Waals surface area (Å²) in [5.74, 6) is 0. The van der Waals surface area contributed by atoms with E-state index in [1.54, 1.807) is 0 Å². The van der Waals surface area contributed by atoms with Gasteiger partial charge in [0.05, 0.1) is 0 Å². The van der Waals surface area contributed by atoms with E-state index in [9.17, 15) is 0 Å². The maximum atomic E-state index is 5.65. The van der Waals surface area contributed by atoms with Crippen LogP contribution in [0.25, 0.3) is 42.1 Å². The monoisotopic (exact) mass is 676 g/mol. The zero-order valence-corrected chi connectivity index (χ0v) is 33.8. The van der Waals surface area contributed by atoms with Gasteiger partial charge < -0.3 is 4.42 Å². The molecule has 49 heavy (non-hydrogen) atoms. The summed E-state index contributed by atoms with van der Waals surface area (Å²) in [6, 6.07) is 45.3. The summed E-state index contributed by atoms with van der Waals surface area (Å²) in [5.41, 5.74) is 3.42. The quantitative estimate of drug-likeness (QED) is 0.156. The minimum atomic E-state index is 0.500. The molecule has 0 unspecified atom stereocenters. The van der Waals surface area contributed by atoms with E-state index in [4.69, 9.17) is 4.42 Å². The molecule has 7 aromatic rings. The number of hydrogen-bond donors (Lipinski definition) is 0. The second-order valence-electron chi connectivity index (χ2n) is 16.3. The fourth-order valence-electron chi connectivity index (χ4n) is 3.73. The molecule has 0 amide bonds. The van der Waals surface area contributed by atoms with Crippen LogP contribution in [0, 0.1) is 16.2 Å². The molecule has 0 aliphatic carbocycles. The molecule has 0 saturated heterocycles. The predicted molar refractivity (Wildman–Crippen MR) is 226 cm³/mol.